The number of aliphatic hydroxyl groups excluding tert-OH is 2. The first-order valence-corrected chi connectivity index (χ1v) is 25.6. The van der Waals surface area contributed by atoms with Gasteiger partial charge in [0.15, 0.2) is 5.78 Å². The van der Waals surface area contributed by atoms with Crippen LogP contribution < -0.4 is 0 Å². The van der Waals surface area contributed by atoms with Crippen molar-refractivity contribution in [1.82, 2.24) is 4.90 Å². The molecule has 3 atom stereocenters. The van der Waals surface area contributed by atoms with Gasteiger partial charge in [0.1, 0.15) is 0 Å². The average molecular weight is 822 g/mol. The highest BCUT2D eigenvalue weighted by atomic mass is 16.5. The molecule has 0 amide bonds. The molecule has 0 bridgehead atoms. The van der Waals surface area contributed by atoms with Gasteiger partial charge >= 0.3 is 5.97 Å². The standard InChI is InChI=1S/C34H69NO4.C18H34O/c1-4-7-10-12-18-27-35(28-19-13-20-29-36)31-33(37)25-17-21-30-39-34(38)26-16-15-24-32(22-9-6-3)23-14-11-8-5-2;1-4-7-9-10-14-17(13-8-5-2)15-11-12-16-18(19)6-3/h32-33,36-37H,4-31H2,1-3H3;6,17H,3-5,7-16H2,1-2H3. The van der Waals surface area contributed by atoms with Gasteiger partial charge in [-0.2, -0.15) is 0 Å². The van der Waals surface area contributed by atoms with Crippen molar-refractivity contribution in [3.05, 3.63) is 12.7 Å². The number of unbranched alkanes of at least 4 members (excludes halogenated alkanes) is 17. The third-order valence-corrected chi connectivity index (χ3v) is 12.0. The number of rotatable bonds is 45. The van der Waals surface area contributed by atoms with Crippen molar-refractivity contribution < 1.29 is 24.5 Å². The molecule has 0 saturated heterocycles. The highest BCUT2D eigenvalue weighted by Crippen LogP contribution is 2.24. The summed E-state index contributed by atoms with van der Waals surface area (Å²) in [7, 11) is 0. The second-order valence-corrected chi connectivity index (χ2v) is 17.7. The third kappa shape index (κ3) is 44.3. The predicted octanol–water partition coefficient (Wildman–Crippen LogP) is 14.9. The number of carbonyl (C=O) groups is 2. The summed E-state index contributed by atoms with van der Waals surface area (Å²) in [5.74, 6) is 1.88. The van der Waals surface area contributed by atoms with Crippen LogP contribution in [0.2, 0.25) is 0 Å². The number of ketones is 1. The van der Waals surface area contributed by atoms with E-state index >= 15 is 0 Å². The van der Waals surface area contributed by atoms with Gasteiger partial charge in [0.25, 0.3) is 0 Å². The molecule has 0 heterocycles. The summed E-state index contributed by atoms with van der Waals surface area (Å²) in [5.41, 5.74) is 0. The zero-order chi connectivity index (χ0) is 43.2. The zero-order valence-electron chi connectivity index (χ0n) is 39.9. The number of nitrogens with zero attached hydrogens (tertiary/aromatic N) is 1. The number of hydrogen-bond donors (Lipinski definition) is 2. The molecule has 6 heteroatoms. The molecule has 0 rings (SSSR count). The molecule has 0 fully saturated rings. The van der Waals surface area contributed by atoms with E-state index in [-0.39, 0.29) is 24.5 Å². The number of ether oxygens (including phenoxy) is 1. The van der Waals surface area contributed by atoms with Crippen LogP contribution >= 0.6 is 0 Å². The lowest BCUT2D eigenvalue weighted by molar-refractivity contribution is -0.144. The Bertz CT molecular complexity index is 850. The van der Waals surface area contributed by atoms with E-state index in [1.807, 2.05) is 0 Å². The Hall–Kier alpha value is -1.24. The minimum absolute atomic E-state index is 0.0549. The number of carbonyl (C=O) groups excluding carboxylic acids is 2. The van der Waals surface area contributed by atoms with Crippen molar-refractivity contribution in [2.45, 2.75) is 265 Å². The summed E-state index contributed by atoms with van der Waals surface area (Å²) >= 11 is 0. The molecule has 0 aliphatic rings. The molecule has 0 aromatic rings. The fourth-order valence-electron chi connectivity index (χ4n) is 8.09. The van der Waals surface area contributed by atoms with E-state index in [1.54, 1.807) is 0 Å². The molecule has 0 spiro atoms. The Labute approximate surface area is 362 Å². The minimum Gasteiger partial charge on any atom is -0.466 e. The first-order valence-electron chi connectivity index (χ1n) is 25.6. The first-order chi connectivity index (χ1) is 28.3. The summed E-state index contributed by atoms with van der Waals surface area (Å²) in [6.45, 7) is 18.4. The van der Waals surface area contributed by atoms with Gasteiger partial charge in [0.2, 0.25) is 0 Å². The van der Waals surface area contributed by atoms with Gasteiger partial charge in [0.05, 0.1) is 12.7 Å². The van der Waals surface area contributed by atoms with Gasteiger partial charge in [-0.1, -0.05) is 195 Å². The molecule has 0 saturated carbocycles. The molecule has 0 aliphatic heterocycles. The maximum absolute atomic E-state index is 12.2. The zero-order valence-corrected chi connectivity index (χ0v) is 39.9. The van der Waals surface area contributed by atoms with Crippen molar-refractivity contribution in [2.24, 2.45) is 11.8 Å². The molecule has 0 radical (unpaired) electrons. The van der Waals surface area contributed by atoms with Crippen molar-refractivity contribution in [2.75, 3.05) is 32.8 Å². The lowest BCUT2D eigenvalue weighted by atomic mass is 9.90. The quantitative estimate of drug-likeness (QED) is 0.0361. The van der Waals surface area contributed by atoms with Crippen molar-refractivity contribution >= 4 is 11.8 Å². The number of hydrogen-bond acceptors (Lipinski definition) is 6. The van der Waals surface area contributed by atoms with Crippen LogP contribution in [0.1, 0.15) is 259 Å². The normalized spacial score (nSPS) is 12.9. The van der Waals surface area contributed by atoms with Crippen LogP contribution in [0.3, 0.4) is 0 Å². The Balaban J connectivity index is 0. The third-order valence-electron chi connectivity index (χ3n) is 12.0. The number of esters is 1. The Morgan fingerprint density at radius 1 is 0.517 bits per heavy atom. The molecule has 0 aromatic heterocycles. The largest absolute Gasteiger partial charge is 0.466 e. The number of aliphatic hydroxyl groups is 2. The molecular formula is C52H103NO5. The topological polar surface area (TPSA) is 87.1 Å². The number of allylic oxidation sites excluding steroid dienone is 1. The lowest BCUT2D eigenvalue weighted by Crippen LogP contribution is -2.34. The molecule has 346 valence electrons. The van der Waals surface area contributed by atoms with Crippen LogP contribution in [-0.2, 0) is 14.3 Å². The fraction of sp³-hybridized carbons (Fsp3) is 0.923. The molecule has 58 heavy (non-hydrogen) atoms. The molecule has 2 N–H and O–H groups in total. The van der Waals surface area contributed by atoms with Gasteiger partial charge in [-0.25, -0.2) is 0 Å². The van der Waals surface area contributed by atoms with Crippen molar-refractivity contribution in [3.63, 3.8) is 0 Å². The monoisotopic (exact) mass is 822 g/mol. The van der Waals surface area contributed by atoms with Crippen LogP contribution in [0.25, 0.3) is 0 Å². The van der Waals surface area contributed by atoms with E-state index in [9.17, 15) is 14.7 Å². The fourth-order valence-corrected chi connectivity index (χ4v) is 8.09. The van der Waals surface area contributed by atoms with E-state index in [0.717, 1.165) is 89.3 Å². The Morgan fingerprint density at radius 2 is 0.931 bits per heavy atom. The highest BCUT2D eigenvalue weighted by Gasteiger charge is 2.13. The summed E-state index contributed by atoms with van der Waals surface area (Å²) < 4.78 is 5.48. The summed E-state index contributed by atoms with van der Waals surface area (Å²) in [5, 5.41) is 19.6. The Morgan fingerprint density at radius 3 is 1.41 bits per heavy atom. The van der Waals surface area contributed by atoms with E-state index in [4.69, 9.17) is 9.84 Å². The predicted molar refractivity (Wildman–Crippen MR) is 253 cm³/mol. The van der Waals surface area contributed by atoms with E-state index < -0.39 is 0 Å². The second-order valence-electron chi connectivity index (χ2n) is 17.7. The second kappa shape index (κ2) is 48.4. The maximum atomic E-state index is 12.2. The minimum atomic E-state index is -0.322. The maximum Gasteiger partial charge on any atom is 0.305 e. The van der Waals surface area contributed by atoms with E-state index in [2.05, 4.69) is 46.1 Å². The van der Waals surface area contributed by atoms with Gasteiger partial charge in [-0.3, -0.25) is 9.59 Å². The first kappa shape index (κ1) is 58.9. The van der Waals surface area contributed by atoms with Crippen molar-refractivity contribution in [1.29, 1.82) is 0 Å². The Kier molecular flexibility index (Phi) is 49.1. The molecular weight excluding hydrogens is 719 g/mol. The average Bonchev–Trinajstić information content (AvgIpc) is 3.22. The lowest BCUT2D eigenvalue weighted by Gasteiger charge is -2.25. The highest BCUT2D eigenvalue weighted by molar-refractivity contribution is 5.88. The molecule has 3 unspecified atom stereocenters. The van der Waals surface area contributed by atoms with E-state index in [0.29, 0.717) is 19.4 Å². The van der Waals surface area contributed by atoms with Crippen LogP contribution in [0.5, 0.6) is 0 Å². The summed E-state index contributed by atoms with van der Waals surface area (Å²) in [6.07, 6.45) is 42.7. The SMILES string of the molecule is C=CC(=O)CCCCC(CCCC)CCCCCC.CCCCCCCN(CCCCCO)CC(O)CCCCOC(=O)CCCCC(CCCC)CCCCCC. The molecule has 6 nitrogen and oxygen atoms in total. The molecule has 0 aliphatic carbocycles. The van der Waals surface area contributed by atoms with Crippen LogP contribution in [0, 0.1) is 11.8 Å². The smallest absolute Gasteiger partial charge is 0.305 e. The summed E-state index contributed by atoms with van der Waals surface area (Å²) in [4.78, 5) is 25.7. The molecule has 0 aromatic carbocycles. The van der Waals surface area contributed by atoms with Crippen molar-refractivity contribution in [3.8, 4) is 0 Å². The van der Waals surface area contributed by atoms with Gasteiger partial charge in [-0.15, -0.1) is 0 Å². The van der Waals surface area contributed by atoms with Gasteiger partial charge < -0.3 is 19.8 Å². The van der Waals surface area contributed by atoms with Crippen LogP contribution in [0.15, 0.2) is 12.7 Å². The van der Waals surface area contributed by atoms with E-state index in [1.165, 1.54) is 160 Å². The van der Waals surface area contributed by atoms with Crippen LogP contribution in [0.4, 0.5) is 0 Å². The van der Waals surface area contributed by atoms with Gasteiger partial charge in [0, 0.05) is 26.0 Å². The van der Waals surface area contributed by atoms with Crippen LogP contribution in [-0.4, -0.2) is 65.8 Å². The van der Waals surface area contributed by atoms with Gasteiger partial charge in [-0.05, 0) is 88.8 Å². The summed E-state index contributed by atoms with van der Waals surface area (Å²) in [6, 6.07) is 0.